The van der Waals surface area contributed by atoms with Gasteiger partial charge in [0.05, 0.1) is 22.1 Å². The summed E-state index contributed by atoms with van der Waals surface area (Å²) in [4.78, 5) is 0. The van der Waals surface area contributed by atoms with Crippen molar-refractivity contribution in [2.75, 3.05) is 0 Å². The topological polar surface area (TPSA) is 9.86 Å². The first-order valence-electron chi connectivity index (χ1n) is 19.3. The van der Waals surface area contributed by atoms with Crippen molar-refractivity contribution in [1.82, 2.24) is 9.13 Å². The Morgan fingerprint density at radius 2 is 0.714 bits per heavy atom. The normalized spacial score (nSPS) is 11.9. The molecule has 0 N–H and O–H groups in total. The fourth-order valence-electron chi connectivity index (χ4n) is 9.37. The van der Waals surface area contributed by atoms with Crippen molar-refractivity contribution >= 4 is 75.9 Å². The molecule has 0 aliphatic carbocycles. The second kappa shape index (κ2) is 12.0. The van der Waals surface area contributed by atoms with Crippen LogP contribution in [0.3, 0.4) is 0 Å². The maximum absolute atomic E-state index is 2.48. The summed E-state index contributed by atoms with van der Waals surface area (Å²) >= 11 is 0. The minimum Gasteiger partial charge on any atom is -0.309 e. The van der Waals surface area contributed by atoms with Gasteiger partial charge in [-0.1, -0.05) is 164 Å². The van der Waals surface area contributed by atoms with Crippen LogP contribution in [0.2, 0.25) is 0 Å². The summed E-state index contributed by atoms with van der Waals surface area (Å²) in [6, 6.07) is 75.9. The van der Waals surface area contributed by atoms with Crippen LogP contribution in [0.5, 0.6) is 0 Å². The first-order chi connectivity index (χ1) is 27.8. The summed E-state index contributed by atoms with van der Waals surface area (Å²) in [5, 5.41) is 12.6. The highest BCUT2D eigenvalue weighted by Gasteiger charge is 2.19. The highest BCUT2D eigenvalue weighted by Crippen LogP contribution is 2.41. The van der Waals surface area contributed by atoms with Crippen LogP contribution in [-0.2, 0) is 0 Å². The molecule has 12 aromatic rings. The lowest BCUT2D eigenvalue weighted by molar-refractivity contribution is 1.13. The van der Waals surface area contributed by atoms with E-state index >= 15 is 0 Å². The van der Waals surface area contributed by atoms with Gasteiger partial charge < -0.3 is 9.13 Å². The zero-order valence-corrected chi connectivity index (χ0v) is 30.5. The first-order valence-corrected chi connectivity index (χ1v) is 19.3. The fraction of sp³-hybridized carbons (Fsp3) is 0. The van der Waals surface area contributed by atoms with Crippen LogP contribution in [0.25, 0.3) is 110 Å². The molecular formula is C54H34N2. The molecular weight excluding hydrogens is 677 g/mol. The molecule has 0 spiro atoms. The van der Waals surface area contributed by atoms with Gasteiger partial charge in [0.1, 0.15) is 0 Å². The van der Waals surface area contributed by atoms with Crippen LogP contribution < -0.4 is 0 Å². The number of aromatic nitrogens is 2. The molecule has 2 heterocycles. The Bertz CT molecular complexity index is 3530. The molecule has 0 aliphatic heterocycles. The highest BCUT2D eigenvalue weighted by molar-refractivity contribution is 6.22. The number of benzene rings is 10. The standard InChI is InChI=1S/C54H34N2/c1-4-19-42-35(12-1)15-9-23-44(42)38-26-29-48-47-22-7-8-25-50(47)55(52(48)32-38)40-17-11-18-41(34-40)56-51-31-28-37-14-3-6-21-46(37)54(51)49-30-27-39(33-53(49)56)45-24-10-16-36-13-2-5-20-43(36)45/h1-34H. The molecule has 56 heavy (non-hydrogen) atoms. The molecule has 0 atom stereocenters. The van der Waals surface area contributed by atoms with Crippen LogP contribution in [-0.4, -0.2) is 9.13 Å². The molecule has 2 aromatic heterocycles. The van der Waals surface area contributed by atoms with Gasteiger partial charge in [-0.05, 0) is 97.0 Å². The molecule has 0 radical (unpaired) electrons. The van der Waals surface area contributed by atoms with E-state index in [-0.39, 0.29) is 0 Å². The van der Waals surface area contributed by atoms with Crippen molar-refractivity contribution in [3.63, 3.8) is 0 Å². The second-order valence-corrected chi connectivity index (χ2v) is 14.9. The zero-order chi connectivity index (χ0) is 36.7. The summed E-state index contributed by atoms with van der Waals surface area (Å²) in [6.07, 6.45) is 0. The van der Waals surface area contributed by atoms with Crippen LogP contribution in [0.4, 0.5) is 0 Å². The quantitative estimate of drug-likeness (QED) is 0.172. The Morgan fingerprint density at radius 1 is 0.250 bits per heavy atom. The predicted molar refractivity (Wildman–Crippen MR) is 239 cm³/mol. The minimum atomic E-state index is 1.13. The summed E-state index contributed by atoms with van der Waals surface area (Å²) < 4.78 is 4.93. The molecule has 260 valence electrons. The average molecular weight is 711 g/mol. The third kappa shape index (κ3) is 4.57. The number of rotatable bonds is 4. The molecule has 0 saturated heterocycles. The fourth-order valence-corrected chi connectivity index (χ4v) is 9.37. The third-order valence-corrected chi connectivity index (χ3v) is 11.9. The van der Waals surface area contributed by atoms with Gasteiger partial charge in [0.2, 0.25) is 0 Å². The smallest absolute Gasteiger partial charge is 0.0547 e. The largest absolute Gasteiger partial charge is 0.309 e. The van der Waals surface area contributed by atoms with E-state index in [9.17, 15) is 0 Å². The lowest BCUT2D eigenvalue weighted by atomic mass is 9.97. The van der Waals surface area contributed by atoms with Gasteiger partial charge in [0.15, 0.2) is 0 Å². The molecule has 0 unspecified atom stereocenters. The monoisotopic (exact) mass is 710 g/mol. The van der Waals surface area contributed by atoms with E-state index < -0.39 is 0 Å². The number of nitrogens with zero attached hydrogens (tertiary/aromatic N) is 2. The van der Waals surface area contributed by atoms with Crippen LogP contribution in [0.1, 0.15) is 0 Å². The summed E-state index contributed by atoms with van der Waals surface area (Å²) in [7, 11) is 0. The molecule has 0 saturated carbocycles. The Labute approximate surface area is 323 Å². The Morgan fingerprint density at radius 3 is 1.38 bits per heavy atom. The molecule has 0 bridgehead atoms. The van der Waals surface area contributed by atoms with E-state index in [0.29, 0.717) is 0 Å². The number of fused-ring (bicyclic) bond motifs is 10. The summed E-state index contributed by atoms with van der Waals surface area (Å²) in [5.41, 5.74) is 12.0. The molecule has 0 amide bonds. The third-order valence-electron chi connectivity index (χ3n) is 11.9. The Kier molecular flexibility index (Phi) is 6.66. The van der Waals surface area contributed by atoms with E-state index in [1.54, 1.807) is 0 Å². The molecule has 0 fully saturated rings. The van der Waals surface area contributed by atoms with Crippen molar-refractivity contribution in [1.29, 1.82) is 0 Å². The number of hydrogen-bond acceptors (Lipinski definition) is 0. The SMILES string of the molecule is c1cc(-n2c3ccccc3c3ccc(-c4cccc5ccccc45)cc32)cc(-n2c3cc(-c4cccc5ccccc45)ccc3c3c4ccccc4ccc32)c1. The molecule has 2 heteroatoms. The average Bonchev–Trinajstić information content (AvgIpc) is 3.78. The van der Waals surface area contributed by atoms with Crippen molar-refractivity contribution < 1.29 is 0 Å². The van der Waals surface area contributed by atoms with Crippen LogP contribution >= 0.6 is 0 Å². The number of hydrogen-bond donors (Lipinski definition) is 0. The predicted octanol–water partition coefficient (Wildman–Crippen LogP) is 14.7. The maximum atomic E-state index is 2.48. The van der Waals surface area contributed by atoms with Gasteiger partial charge in [-0.3, -0.25) is 0 Å². The van der Waals surface area contributed by atoms with Crippen molar-refractivity contribution in [2.45, 2.75) is 0 Å². The van der Waals surface area contributed by atoms with Gasteiger partial charge in [-0.2, -0.15) is 0 Å². The van der Waals surface area contributed by atoms with Crippen molar-refractivity contribution in [3.8, 4) is 33.6 Å². The second-order valence-electron chi connectivity index (χ2n) is 14.9. The Hall–Kier alpha value is -7.42. The van der Waals surface area contributed by atoms with Gasteiger partial charge in [0.25, 0.3) is 0 Å². The van der Waals surface area contributed by atoms with Crippen LogP contribution in [0, 0.1) is 0 Å². The lowest BCUT2D eigenvalue weighted by Crippen LogP contribution is -1.99. The van der Waals surface area contributed by atoms with Gasteiger partial charge in [-0.15, -0.1) is 0 Å². The van der Waals surface area contributed by atoms with E-state index in [0.717, 1.165) is 11.4 Å². The number of para-hydroxylation sites is 1. The maximum Gasteiger partial charge on any atom is 0.0547 e. The van der Waals surface area contributed by atoms with Gasteiger partial charge >= 0.3 is 0 Å². The van der Waals surface area contributed by atoms with Crippen molar-refractivity contribution in [3.05, 3.63) is 206 Å². The van der Waals surface area contributed by atoms with E-state index in [1.165, 1.54) is 98.2 Å². The minimum absolute atomic E-state index is 1.13. The van der Waals surface area contributed by atoms with E-state index in [4.69, 9.17) is 0 Å². The van der Waals surface area contributed by atoms with E-state index in [2.05, 4.69) is 215 Å². The molecule has 2 nitrogen and oxygen atoms in total. The summed E-state index contributed by atoms with van der Waals surface area (Å²) in [5.74, 6) is 0. The Balaban J connectivity index is 1.12. The highest BCUT2D eigenvalue weighted by atomic mass is 15.0. The summed E-state index contributed by atoms with van der Waals surface area (Å²) in [6.45, 7) is 0. The van der Waals surface area contributed by atoms with Gasteiger partial charge in [0, 0.05) is 32.9 Å². The molecule has 0 aliphatic rings. The van der Waals surface area contributed by atoms with Gasteiger partial charge in [-0.25, -0.2) is 0 Å². The lowest BCUT2D eigenvalue weighted by Gasteiger charge is -2.14. The van der Waals surface area contributed by atoms with Crippen molar-refractivity contribution in [2.24, 2.45) is 0 Å². The molecule has 12 rings (SSSR count). The zero-order valence-electron chi connectivity index (χ0n) is 30.5. The first kappa shape index (κ1) is 31.0. The van der Waals surface area contributed by atoms with Crippen LogP contribution in [0.15, 0.2) is 206 Å². The molecule has 10 aromatic carbocycles. The van der Waals surface area contributed by atoms with E-state index in [1.807, 2.05) is 0 Å².